The number of aryl methyl sites for hydroxylation is 1. The highest BCUT2D eigenvalue weighted by molar-refractivity contribution is 5.74. The lowest BCUT2D eigenvalue weighted by Gasteiger charge is -2.05. The largest absolute Gasteiger partial charge is 0.371 e. The minimum Gasteiger partial charge on any atom is -0.371 e. The molecular formula is C11H15NO2. The van der Waals surface area contributed by atoms with Crippen molar-refractivity contribution in [3.05, 3.63) is 35.4 Å². The molecule has 3 nitrogen and oxygen atoms in total. The first-order chi connectivity index (χ1) is 6.70. The van der Waals surface area contributed by atoms with Crippen molar-refractivity contribution in [1.82, 2.24) is 0 Å². The minimum absolute atomic E-state index is 0.00583. The van der Waals surface area contributed by atoms with E-state index in [1.165, 1.54) is 11.1 Å². The van der Waals surface area contributed by atoms with Crippen molar-refractivity contribution in [2.45, 2.75) is 13.3 Å². The number of nitrogens with two attached hydrogens (primary N) is 1. The molecule has 0 aliphatic rings. The van der Waals surface area contributed by atoms with E-state index in [2.05, 4.69) is 19.1 Å². The van der Waals surface area contributed by atoms with Crippen LogP contribution in [0.15, 0.2) is 24.3 Å². The molecule has 0 fully saturated rings. The Hall–Kier alpha value is -1.35. The van der Waals surface area contributed by atoms with E-state index in [1.54, 1.807) is 0 Å². The molecule has 2 N–H and O–H groups in total. The van der Waals surface area contributed by atoms with Crippen molar-refractivity contribution in [1.29, 1.82) is 0 Å². The molecule has 0 spiro atoms. The molecule has 0 bridgehead atoms. The highest BCUT2D eigenvalue weighted by atomic mass is 16.5. The van der Waals surface area contributed by atoms with E-state index in [-0.39, 0.29) is 6.61 Å². The van der Waals surface area contributed by atoms with Gasteiger partial charge in [-0.25, -0.2) is 0 Å². The van der Waals surface area contributed by atoms with Crippen LogP contribution in [-0.2, 0) is 16.0 Å². The molecule has 0 heterocycles. The first-order valence-electron chi connectivity index (χ1n) is 4.60. The molecule has 0 aliphatic carbocycles. The Balaban J connectivity index is 2.31. The number of ether oxygens (including phenoxy) is 1. The van der Waals surface area contributed by atoms with Crippen LogP contribution in [0.3, 0.4) is 0 Å². The van der Waals surface area contributed by atoms with Gasteiger partial charge in [0.2, 0.25) is 5.91 Å². The molecule has 76 valence electrons. The van der Waals surface area contributed by atoms with Gasteiger partial charge in [-0.2, -0.15) is 0 Å². The summed E-state index contributed by atoms with van der Waals surface area (Å²) in [6.45, 7) is 2.60. The third-order valence-electron chi connectivity index (χ3n) is 2.02. The summed E-state index contributed by atoms with van der Waals surface area (Å²) in [5, 5.41) is 0. The van der Waals surface area contributed by atoms with Crippen molar-refractivity contribution in [2.24, 2.45) is 5.73 Å². The second-order valence-corrected chi connectivity index (χ2v) is 3.20. The zero-order chi connectivity index (χ0) is 10.4. The van der Waals surface area contributed by atoms with Crippen molar-refractivity contribution in [3.8, 4) is 0 Å². The Morgan fingerprint density at radius 2 is 2.14 bits per heavy atom. The molecule has 1 rings (SSSR count). The summed E-state index contributed by atoms with van der Waals surface area (Å²) in [6.07, 6.45) is 0.819. The van der Waals surface area contributed by atoms with Crippen molar-refractivity contribution >= 4 is 5.91 Å². The predicted octanol–water partition coefficient (Wildman–Crippen LogP) is 1.04. The van der Waals surface area contributed by atoms with Crippen LogP contribution in [0.5, 0.6) is 0 Å². The van der Waals surface area contributed by atoms with Crippen LogP contribution in [0.2, 0.25) is 0 Å². The number of carbonyl (C=O) groups is 1. The summed E-state index contributed by atoms with van der Waals surface area (Å²) >= 11 is 0. The molecule has 0 unspecified atom stereocenters. The summed E-state index contributed by atoms with van der Waals surface area (Å²) in [5.74, 6) is -0.421. The van der Waals surface area contributed by atoms with E-state index in [0.29, 0.717) is 6.61 Å². The van der Waals surface area contributed by atoms with E-state index in [0.717, 1.165) is 6.42 Å². The average Bonchev–Trinajstić information content (AvgIpc) is 2.15. The Bertz CT molecular complexity index is 310. The Morgan fingerprint density at radius 1 is 1.43 bits per heavy atom. The van der Waals surface area contributed by atoms with Crippen LogP contribution in [0.1, 0.15) is 11.1 Å². The topological polar surface area (TPSA) is 52.3 Å². The third-order valence-corrected chi connectivity index (χ3v) is 2.02. The van der Waals surface area contributed by atoms with Gasteiger partial charge in [0.1, 0.15) is 6.61 Å². The van der Waals surface area contributed by atoms with Gasteiger partial charge in [-0.15, -0.1) is 0 Å². The first-order valence-corrected chi connectivity index (χ1v) is 4.60. The van der Waals surface area contributed by atoms with Gasteiger partial charge in [0, 0.05) is 0 Å². The summed E-state index contributed by atoms with van der Waals surface area (Å²) < 4.78 is 5.08. The van der Waals surface area contributed by atoms with Gasteiger partial charge in [0.15, 0.2) is 0 Å². The normalized spacial score (nSPS) is 10.1. The first kappa shape index (κ1) is 10.7. The monoisotopic (exact) mass is 193 g/mol. The van der Waals surface area contributed by atoms with Gasteiger partial charge >= 0.3 is 0 Å². The predicted molar refractivity (Wildman–Crippen MR) is 54.9 cm³/mol. The highest BCUT2D eigenvalue weighted by Gasteiger charge is 1.98. The van der Waals surface area contributed by atoms with Crippen molar-refractivity contribution in [3.63, 3.8) is 0 Å². The lowest BCUT2D eigenvalue weighted by Crippen LogP contribution is -2.18. The summed E-state index contributed by atoms with van der Waals surface area (Å²) in [6, 6.07) is 8.12. The zero-order valence-corrected chi connectivity index (χ0v) is 8.32. The molecule has 0 atom stereocenters. The number of hydrogen-bond acceptors (Lipinski definition) is 2. The van der Waals surface area contributed by atoms with Gasteiger partial charge in [0.05, 0.1) is 6.61 Å². The Labute approximate surface area is 83.9 Å². The molecule has 0 radical (unpaired) electrons. The van der Waals surface area contributed by atoms with E-state index < -0.39 is 5.91 Å². The molecule has 1 amide bonds. The Kier molecular flexibility index (Phi) is 4.13. The third kappa shape index (κ3) is 3.58. The quantitative estimate of drug-likeness (QED) is 0.710. The molecule has 0 aromatic heterocycles. The van der Waals surface area contributed by atoms with Gasteiger partial charge in [-0.1, -0.05) is 24.3 Å². The van der Waals surface area contributed by atoms with Crippen molar-refractivity contribution in [2.75, 3.05) is 13.2 Å². The Morgan fingerprint density at radius 3 is 2.79 bits per heavy atom. The molecule has 1 aromatic rings. The molecular weight excluding hydrogens is 178 g/mol. The number of primary amides is 1. The second kappa shape index (κ2) is 5.40. The van der Waals surface area contributed by atoms with Crippen LogP contribution < -0.4 is 5.73 Å². The maximum atomic E-state index is 10.4. The average molecular weight is 193 g/mol. The van der Waals surface area contributed by atoms with Crippen LogP contribution in [0.4, 0.5) is 0 Å². The standard InChI is InChI=1S/C11H15NO2/c1-9-4-2-3-5-10(9)6-7-14-8-11(12)13/h2-5H,6-8H2,1H3,(H2,12,13). The lowest BCUT2D eigenvalue weighted by atomic mass is 10.1. The molecule has 1 aromatic carbocycles. The van der Waals surface area contributed by atoms with E-state index in [4.69, 9.17) is 10.5 Å². The zero-order valence-electron chi connectivity index (χ0n) is 8.32. The maximum absolute atomic E-state index is 10.4. The smallest absolute Gasteiger partial charge is 0.243 e. The van der Waals surface area contributed by atoms with Gasteiger partial charge in [-0.05, 0) is 24.5 Å². The van der Waals surface area contributed by atoms with Crippen molar-refractivity contribution < 1.29 is 9.53 Å². The van der Waals surface area contributed by atoms with Crippen LogP contribution in [-0.4, -0.2) is 19.1 Å². The number of hydrogen-bond donors (Lipinski definition) is 1. The lowest BCUT2D eigenvalue weighted by molar-refractivity contribution is -0.122. The fraction of sp³-hybridized carbons (Fsp3) is 0.364. The molecule has 0 aliphatic heterocycles. The van der Waals surface area contributed by atoms with E-state index in [9.17, 15) is 4.79 Å². The van der Waals surface area contributed by atoms with E-state index >= 15 is 0 Å². The maximum Gasteiger partial charge on any atom is 0.243 e. The SMILES string of the molecule is Cc1ccccc1CCOCC(N)=O. The summed E-state index contributed by atoms with van der Waals surface area (Å²) in [5.41, 5.74) is 7.43. The second-order valence-electron chi connectivity index (χ2n) is 3.20. The van der Waals surface area contributed by atoms with E-state index in [1.807, 2.05) is 12.1 Å². The molecule has 14 heavy (non-hydrogen) atoms. The molecule has 0 saturated carbocycles. The van der Waals surface area contributed by atoms with Crippen LogP contribution in [0.25, 0.3) is 0 Å². The minimum atomic E-state index is -0.421. The summed E-state index contributed by atoms with van der Waals surface area (Å²) in [4.78, 5) is 10.4. The number of rotatable bonds is 5. The van der Waals surface area contributed by atoms with Crippen LogP contribution >= 0.6 is 0 Å². The molecule has 3 heteroatoms. The van der Waals surface area contributed by atoms with Gasteiger partial charge in [0.25, 0.3) is 0 Å². The highest BCUT2D eigenvalue weighted by Crippen LogP contribution is 2.07. The number of amides is 1. The fourth-order valence-corrected chi connectivity index (χ4v) is 1.25. The summed E-state index contributed by atoms with van der Waals surface area (Å²) in [7, 11) is 0. The number of benzene rings is 1. The number of carbonyl (C=O) groups excluding carboxylic acids is 1. The van der Waals surface area contributed by atoms with Crippen LogP contribution in [0, 0.1) is 6.92 Å². The van der Waals surface area contributed by atoms with Gasteiger partial charge in [-0.3, -0.25) is 4.79 Å². The molecule has 0 saturated heterocycles. The fourth-order valence-electron chi connectivity index (χ4n) is 1.25. The van der Waals surface area contributed by atoms with Gasteiger partial charge < -0.3 is 10.5 Å².